The molecule has 0 fully saturated rings. The molecule has 2 aromatic rings. The minimum absolute atomic E-state index is 0.0389. The molecule has 0 radical (unpaired) electrons. The lowest BCUT2D eigenvalue weighted by molar-refractivity contribution is 0.625. The van der Waals surface area contributed by atoms with E-state index in [1.807, 2.05) is 6.07 Å². The molecule has 0 amide bonds. The van der Waals surface area contributed by atoms with Gasteiger partial charge in [0, 0.05) is 15.7 Å². The second-order valence-corrected chi connectivity index (χ2v) is 4.76. The van der Waals surface area contributed by atoms with Crippen molar-refractivity contribution in [1.29, 1.82) is 5.26 Å². The number of nitriles is 1. The van der Waals surface area contributed by atoms with E-state index >= 15 is 0 Å². The molecule has 0 aliphatic carbocycles. The van der Waals surface area contributed by atoms with Crippen molar-refractivity contribution < 1.29 is 4.39 Å². The van der Waals surface area contributed by atoms with E-state index in [1.165, 1.54) is 12.3 Å². The van der Waals surface area contributed by atoms with Crippen molar-refractivity contribution in [2.75, 3.05) is 5.32 Å². The van der Waals surface area contributed by atoms with Gasteiger partial charge >= 0.3 is 0 Å². The quantitative estimate of drug-likeness (QED) is 0.897. The summed E-state index contributed by atoms with van der Waals surface area (Å²) in [6.07, 6.45) is 1.46. The van der Waals surface area contributed by atoms with Crippen LogP contribution in [0.4, 0.5) is 15.9 Å². The van der Waals surface area contributed by atoms with Crippen molar-refractivity contribution in [2.24, 2.45) is 0 Å². The largest absolute Gasteiger partial charge is 0.337 e. The van der Waals surface area contributed by atoms with Gasteiger partial charge in [-0.2, -0.15) is 5.26 Å². The van der Waals surface area contributed by atoms with Gasteiger partial charge in [0.2, 0.25) is 0 Å². The third-order valence-corrected chi connectivity index (χ3v) is 2.83. The maximum Gasteiger partial charge on any atom is 0.166 e. The molecule has 1 heterocycles. The molecule has 1 aromatic heterocycles. The minimum atomic E-state index is -0.520. The lowest BCUT2D eigenvalue weighted by Gasteiger charge is -2.08. The molecule has 0 aliphatic rings. The van der Waals surface area contributed by atoms with Crippen molar-refractivity contribution >= 4 is 39.0 Å². The summed E-state index contributed by atoms with van der Waals surface area (Å²) in [6.45, 7) is 0. The van der Waals surface area contributed by atoms with Gasteiger partial charge in [-0.25, -0.2) is 9.37 Å². The predicted octanol–water partition coefficient (Wildman–Crippen LogP) is 4.25. The van der Waals surface area contributed by atoms with E-state index in [2.05, 4.69) is 26.2 Å². The highest BCUT2D eigenvalue weighted by Crippen LogP contribution is 2.25. The molecular weight excluding hydrogens is 321 g/mol. The Balaban J connectivity index is 2.40. The fraction of sp³-hybridized carbons (Fsp3) is 0. The summed E-state index contributed by atoms with van der Waals surface area (Å²) in [5.41, 5.74) is 0.780. The standard InChI is InChI=1S/C12H6BrClFN3/c13-8-3-10(15)12(17-6-8)18-11-4-9(14)2-1-7(11)5-16/h1-4,6H,(H,17,18). The third kappa shape index (κ3) is 2.78. The summed E-state index contributed by atoms with van der Waals surface area (Å²) in [7, 11) is 0. The molecule has 0 unspecified atom stereocenters. The molecule has 3 nitrogen and oxygen atoms in total. The Kier molecular flexibility index (Phi) is 3.80. The number of aromatic nitrogens is 1. The number of anilines is 2. The zero-order valence-corrected chi connectivity index (χ0v) is 11.3. The van der Waals surface area contributed by atoms with Gasteiger partial charge in [0.25, 0.3) is 0 Å². The van der Waals surface area contributed by atoms with E-state index in [0.717, 1.165) is 0 Å². The number of benzene rings is 1. The van der Waals surface area contributed by atoms with Gasteiger partial charge in [0.05, 0.1) is 11.3 Å². The Bertz CT molecular complexity index is 640. The van der Waals surface area contributed by atoms with Crippen molar-refractivity contribution in [3.05, 3.63) is 51.3 Å². The molecule has 0 atom stereocenters. The van der Waals surface area contributed by atoms with E-state index < -0.39 is 5.82 Å². The summed E-state index contributed by atoms with van der Waals surface area (Å²) in [4.78, 5) is 3.89. The normalized spacial score (nSPS) is 9.89. The van der Waals surface area contributed by atoms with Crippen LogP contribution in [0.5, 0.6) is 0 Å². The Morgan fingerprint density at radius 1 is 1.39 bits per heavy atom. The third-order valence-electron chi connectivity index (χ3n) is 2.16. The van der Waals surface area contributed by atoms with Crippen LogP contribution in [0.25, 0.3) is 0 Å². The first-order valence-corrected chi connectivity index (χ1v) is 6.05. The molecule has 0 saturated heterocycles. The van der Waals surface area contributed by atoms with Crippen LogP contribution >= 0.6 is 27.5 Å². The van der Waals surface area contributed by atoms with Crippen LogP contribution in [0, 0.1) is 17.1 Å². The van der Waals surface area contributed by atoms with E-state index in [4.69, 9.17) is 16.9 Å². The molecule has 0 spiro atoms. The van der Waals surface area contributed by atoms with Crippen molar-refractivity contribution in [3.63, 3.8) is 0 Å². The van der Waals surface area contributed by atoms with Crippen LogP contribution in [0.15, 0.2) is 34.9 Å². The molecule has 1 N–H and O–H groups in total. The summed E-state index contributed by atoms with van der Waals surface area (Å²) in [6, 6.07) is 7.97. The lowest BCUT2D eigenvalue weighted by atomic mass is 10.2. The second-order valence-electron chi connectivity index (χ2n) is 3.41. The Labute approximate surface area is 116 Å². The summed E-state index contributed by atoms with van der Waals surface area (Å²) < 4.78 is 14.1. The minimum Gasteiger partial charge on any atom is -0.337 e. The van der Waals surface area contributed by atoms with Crippen LogP contribution < -0.4 is 5.32 Å². The first kappa shape index (κ1) is 12.8. The molecular formula is C12H6BrClFN3. The fourth-order valence-corrected chi connectivity index (χ4v) is 1.83. The highest BCUT2D eigenvalue weighted by Gasteiger charge is 2.08. The van der Waals surface area contributed by atoms with E-state index in [1.54, 1.807) is 18.2 Å². The number of rotatable bonds is 2. The predicted molar refractivity (Wildman–Crippen MR) is 71.3 cm³/mol. The molecule has 6 heteroatoms. The molecule has 0 bridgehead atoms. The van der Waals surface area contributed by atoms with Gasteiger partial charge in [0.1, 0.15) is 6.07 Å². The van der Waals surface area contributed by atoms with Gasteiger partial charge in [-0.1, -0.05) is 11.6 Å². The molecule has 0 aliphatic heterocycles. The lowest BCUT2D eigenvalue weighted by Crippen LogP contribution is -1.99. The fourth-order valence-electron chi connectivity index (χ4n) is 1.35. The highest BCUT2D eigenvalue weighted by atomic mass is 79.9. The maximum absolute atomic E-state index is 13.6. The number of hydrogen-bond acceptors (Lipinski definition) is 3. The number of halogens is 3. The molecule has 2 rings (SSSR count). The monoisotopic (exact) mass is 325 g/mol. The van der Waals surface area contributed by atoms with Crippen LogP contribution in [0.1, 0.15) is 5.56 Å². The highest BCUT2D eigenvalue weighted by molar-refractivity contribution is 9.10. The van der Waals surface area contributed by atoms with Gasteiger partial charge in [0.15, 0.2) is 11.6 Å². The summed E-state index contributed by atoms with van der Waals surface area (Å²) >= 11 is 8.95. The maximum atomic E-state index is 13.6. The SMILES string of the molecule is N#Cc1ccc(Cl)cc1Nc1ncc(Br)cc1F. The zero-order chi connectivity index (χ0) is 13.1. The van der Waals surface area contributed by atoms with Gasteiger partial charge in [-0.05, 0) is 40.2 Å². The van der Waals surface area contributed by atoms with Crippen LogP contribution in [-0.4, -0.2) is 4.98 Å². The molecule has 0 saturated carbocycles. The van der Waals surface area contributed by atoms with Crippen LogP contribution in [-0.2, 0) is 0 Å². The number of nitrogens with one attached hydrogen (secondary N) is 1. The molecule has 1 aromatic carbocycles. The Hall–Kier alpha value is -1.64. The number of pyridine rings is 1. The van der Waals surface area contributed by atoms with Crippen molar-refractivity contribution in [3.8, 4) is 6.07 Å². The number of nitrogens with zero attached hydrogens (tertiary/aromatic N) is 2. The first-order valence-electron chi connectivity index (χ1n) is 4.88. The molecule has 18 heavy (non-hydrogen) atoms. The average Bonchev–Trinajstić information content (AvgIpc) is 2.33. The van der Waals surface area contributed by atoms with E-state index in [9.17, 15) is 4.39 Å². The van der Waals surface area contributed by atoms with Gasteiger partial charge in [-0.3, -0.25) is 0 Å². The Morgan fingerprint density at radius 2 is 2.17 bits per heavy atom. The van der Waals surface area contributed by atoms with E-state index in [-0.39, 0.29) is 5.82 Å². The smallest absolute Gasteiger partial charge is 0.166 e. The van der Waals surface area contributed by atoms with E-state index in [0.29, 0.717) is 20.7 Å². The topological polar surface area (TPSA) is 48.7 Å². The zero-order valence-electron chi connectivity index (χ0n) is 8.92. The molecule has 90 valence electrons. The van der Waals surface area contributed by atoms with Gasteiger partial charge < -0.3 is 5.32 Å². The average molecular weight is 327 g/mol. The Morgan fingerprint density at radius 3 is 2.83 bits per heavy atom. The summed E-state index contributed by atoms with van der Waals surface area (Å²) in [5, 5.41) is 12.1. The van der Waals surface area contributed by atoms with Crippen molar-refractivity contribution in [1.82, 2.24) is 4.98 Å². The first-order chi connectivity index (χ1) is 8.60. The number of hydrogen-bond donors (Lipinski definition) is 1. The van der Waals surface area contributed by atoms with Gasteiger partial charge in [-0.15, -0.1) is 0 Å². The second kappa shape index (κ2) is 5.34. The van der Waals surface area contributed by atoms with Crippen LogP contribution in [0.3, 0.4) is 0 Å². The summed E-state index contributed by atoms with van der Waals surface area (Å²) in [5.74, 6) is -0.481. The van der Waals surface area contributed by atoms with Crippen molar-refractivity contribution in [2.45, 2.75) is 0 Å². The van der Waals surface area contributed by atoms with Crippen LogP contribution in [0.2, 0.25) is 5.02 Å².